The molecule has 1 aliphatic carbocycles. The van der Waals surface area contributed by atoms with Gasteiger partial charge in [-0.3, -0.25) is 0 Å². The lowest BCUT2D eigenvalue weighted by Gasteiger charge is -2.42. The van der Waals surface area contributed by atoms with Crippen molar-refractivity contribution >= 4 is 0 Å². The first-order chi connectivity index (χ1) is 6.12. The van der Waals surface area contributed by atoms with Crippen molar-refractivity contribution in [2.45, 2.75) is 45.6 Å². The molecule has 0 radical (unpaired) electrons. The van der Waals surface area contributed by atoms with E-state index in [9.17, 15) is 5.11 Å². The van der Waals surface area contributed by atoms with Crippen LogP contribution in [0.25, 0.3) is 0 Å². The number of aliphatic hydroxyl groups is 1. The number of nitrogens with one attached hydrogen (secondary N) is 1. The van der Waals surface area contributed by atoms with Crippen LogP contribution in [0.4, 0.5) is 0 Å². The second-order valence-electron chi connectivity index (χ2n) is 4.82. The molecule has 0 aromatic carbocycles. The molecule has 0 bridgehead atoms. The van der Waals surface area contributed by atoms with E-state index in [1.54, 1.807) is 0 Å². The van der Waals surface area contributed by atoms with Gasteiger partial charge >= 0.3 is 0 Å². The van der Waals surface area contributed by atoms with Crippen LogP contribution in [0.3, 0.4) is 0 Å². The molecule has 0 saturated heterocycles. The first-order valence-electron chi connectivity index (χ1n) is 5.48. The molecule has 1 fully saturated rings. The number of rotatable bonds is 3. The molecule has 1 saturated carbocycles. The van der Waals surface area contributed by atoms with Crippen LogP contribution in [0.15, 0.2) is 0 Å². The fourth-order valence-electron chi connectivity index (χ4n) is 2.98. The highest BCUT2D eigenvalue weighted by Gasteiger charge is 2.36. The molecule has 1 rings (SSSR count). The highest BCUT2D eigenvalue weighted by atomic mass is 16.3. The Balaban J connectivity index is 2.62. The molecule has 0 aromatic rings. The monoisotopic (exact) mass is 185 g/mol. The molecule has 2 atom stereocenters. The third-order valence-corrected chi connectivity index (χ3v) is 3.14. The molecule has 78 valence electrons. The molecule has 2 unspecified atom stereocenters. The largest absolute Gasteiger partial charge is 0.394 e. The molecular weight excluding hydrogens is 162 g/mol. The highest BCUT2D eigenvalue weighted by molar-refractivity contribution is 4.94. The zero-order valence-corrected chi connectivity index (χ0v) is 9.14. The van der Waals surface area contributed by atoms with Gasteiger partial charge in [0.15, 0.2) is 0 Å². The Hall–Kier alpha value is -0.0800. The highest BCUT2D eigenvalue weighted by Crippen LogP contribution is 2.35. The van der Waals surface area contributed by atoms with Gasteiger partial charge in [-0.1, -0.05) is 20.8 Å². The average molecular weight is 185 g/mol. The number of hydrogen-bond acceptors (Lipinski definition) is 2. The van der Waals surface area contributed by atoms with Gasteiger partial charge in [-0.2, -0.15) is 0 Å². The van der Waals surface area contributed by atoms with Gasteiger partial charge in [0.25, 0.3) is 0 Å². The third-order valence-electron chi connectivity index (χ3n) is 3.14. The molecule has 1 aliphatic rings. The van der Waals surface area contributed by atoms with Crippen LogP contribution >= 0.6 is 0 Å². The predicted octanol–water partition coefficient (Wildman–Crippen LogP) is 1.78. The molecule has 2 nitrogen and oxygen atoms in total. The molecule has 0 heterocycles. The van der Waals surface area contributed by atoms with E-state index in [1.165, 1.54) is 6.42 Å². The van der Waals surface area contributed by atoms with Crippen molar-refractivity contribution in [2.75, 3.05) is 13.2 Å². The van der Waals surface area contributed by atoms with Crippen LogP contribution < -0.4 is 5.32 Å². The van der Waals surface area contributed by atoms with Crippen LogP contribution in [0.1, 0.15) is 40.0 Å². The Morgan fingerprint density at radius 2 is 1.85 bits per heavy atom. The summed E-state index contributed by atoms with van der Waals surface area (Å²) in [5.74, 6) is 1.49. The smallest absolute Gasteiger partial charge is 0.0613 e. The van der Waals surface area contributed by atoms with Gasteiger partial charge < -0.3 is 10.4 Å². The molecule has 0 aromatic heterocycles. The van der Waals surface area contributed by atoms with Gasteiger partial charge in [0.05, 0.1) is 6.61 Å². The van der Waals surface area contributed by atoms with Gasteiger partial charge in [-0.25, -0.2) is 0 Å². The second-order valence-corrected chi connectivity index (χ2v) is 4.82. The van der Waals surface area contributed by atoms with E-state index < -0.39 is 0 Å². The van der Waals surface area contributed by atoms with Gasteiger partial charge in [-0.05, 0) is 37.6 Å². The first kappa shape index (κ1) is 11.0. The van der Waals surface area contributed by atoms with E-state index >= 15 is 0 Å². The van der Waals surface area contributed by atoms with Gasteiger partial charge in [0, 0.05) is 5.54 Å². The van der Waals surface area contributed by atoms with Crippen molar-refractivity contribution < 1.29 is 5.11 Å². The summed E-state index contributed by atoms with van der Waals surface area (Å²) in [5, 5.41) is 12.9. The van der Waals surface area contributed by atoms with E-state index in [1.807, 2.05) is 0 Å². The first-order valence-corrected chi connectivity index (χ1v) is 5.48. The number of hydrogen-bond donors (Lipinski definition) is 2. The lowest BCUT2D eigenvalue weighted by Crippen LogP contribution is -2.53. The van der Waals surface area contributed by atoms with Crippen LogP contribution in [0.5, 0.6) is 0 Å². The van der Waals surface area contributed by atoms with E-state index in [-0.39, 0.29) is 12.1 Å². The summed E-state index contributed by atoms with van der Waals surface area (Å²) in [6.07, 6.45) is 3.57. The minimum atomic E-state index is 0.0197. The molecule has 0 spiro atoms. The van der Waals surface area contributed by atoms with E-state index in [4.69, 9.17) is 0 Å². The van der Waals surface area contributed by atoms with Gasteiger partial charge in [-0.15, -0.1) is 0 Å². The van der Waals surface area contributed by atoms with Crippen molar-refractivity contribution in [1.29, 1.82) is 0 Å². The fraction of sp³-hybridized carbons (Fsp3) is 1.00. The zero-order chi connectivity index (χ0) is 9.90. The second kappa shape index (κ2) is 4.43. The Bertz CT molecular complexity index is 148. The van der Waals surface area contributed by atoms with Crippen molar-refractivity contribution in [3.63, 3.8) is 0 Å². The number of likely N-dealkylation sites (N-methyl/N-ethyl adjacent to an activating group) is 1. The van der Waals surface area contributed by atoms with Crippen molar-refractivity contribution in [3.8, 4) is 0 Å². The maximum Gasteiger partial charge on any atom is 0.0613 e. The van der Waals surface area contributed by atoms with Crippen LogP contribution in [0, 0.1) is 11.8 Å². The van der Waals surface area contributed by atoms with Crippen molar-refractivity contribution in [1.82, 2.24) is 5.32 Å². The summed E-state index contributed by atoms with van der Waals surface area (Å²) in [5.41, 5.74) is 0.0197. The maximum absolute atomic E-state index is 9.45. The van der Waals surface area contributed by atoms with Crippen molar-refractivity contribution in [3.05, 3.63) is 0 Å². The Morgan fingerprint density at radius 1 is 1.31 bits per heavy atom. The summed E-state index contributed by atoms with van der Waals surface area (Å²) in [7, 11) is 0. The summed E-state index contributed by atoms with van der Waals surface area (Å²) in [6.45, 7) is 7.94. The Morgan fingerprint density at radius 3 is 2.23 bits per heavy atom. The Kier molecular flexibility index (Phi) is 3.74. The molecular formula is C11H23NO. The zero-order valence-electron chi connectivity index (χ0n) is 9.14. The fourth-order valence-corrected chi connectivity index (χ4v) is 2.98. The summed E-state index contributed by atoms with van der Waals surface area (Å²) in [4.78, 5) is 0. The van der Waals surface area contributed by atoms with Gasteiger partial charge in [0.1, 0.15) is 0 Å². The van der Waals surface area contributed by atoms with E-state index in [2.05, 4.69) is 26.1 Å². The van der Waals surface area contributed by atoms with Crippen LogP contribution in [-0.2, 0) is 0 Å². The minimum absolute atomic E-state index is 0.0197. The van der Waals surface area contributed by atoms with Crippen LogP contribution in [0.2, 0.25) is 0 Å². The minimum Gasteiger partial charge on any atom is -0.394 e. The maximum atomic E-state index is 9.45. The molecule has 2 heteroatoms. The lowest BCUT2D eigenvalue weighted by molar-refractivity contribution is 0.0775. The number of aliphatic hydroxyl groups excluding tert-OH is 1. The average Bonchev–Trinajstić information content (AvgIpc) is 2.03. The predicted molar refractivity (Wildman–Crippen MR) is 55.7 cm³/mol. The topological polar surface area (TPSA) is 32.3 Å². The quantitative estimate of drug-likeness (QED) is 0.702. The molecule has 2 N–H and O–H groups in total. The standard InChI is InChI=1S/C11H23NO/c1-4-12-11(8-13)6-9(2)5-10(3)7-11/h9-10,12-13H,4-8H2,1-3H3. The lowest BCUT2D eigenvalue weighted by atomic mass is 9.72. The summed E-state index contributed by atoms with van der Waals surface area (Å²) >= 11 is 0. The third kappa shape index (κ3) is 2.68. The molecule has 13 heavy (non-hydrogen) atoms. The summed E-state index contributed by atoms with van der Waals surface area (Å²) < 4.78 is 0. The van der Waals surface area contributed by atoms with Gasteiger partial charge in [0.2, 0.25) is 0 Å². The molecule has 0 amide bonds. The normalized spacial score (nSPS) is 40.6. The van der Waals surface area contributed by atoms with Crippen LogP contribution in [-0.4, -0.2) is 23.8 Å². The molecule has 0 aliphatic heterocycles. The SMILES string of the molecule is CCNC1(CO)CC(C)CC(C)C1. The Labute approximate surface area is 81.7 Å². The van der Waals surface area contributed by atoms with E-state index in [0.29, 0.717) is 0 Å². The van der Waals surface area contributed by atoms with Crippen molar-refractivity contribution in [2.24, 2.45) is 11.8 Å². The van der Waals surface area contributed by atoms with E-state index in [0.717, 1.165) is 31.2 Å². The summed E-state index contributed by atoms with van der Waals surface area (Å²) in [6, 6.07) is 0.